The van der Waals surface area contributed by atoms with Crippen LogP contribution in [0.2, 0.25) is 0 Å². The Labute approximate surface area is 160 Å². The third kappa shape index (κ3) is 3.52. The van der Waals surface area contributed by atoms with Crippen LogP contribution in [0.4, 0.5) is 11.4 Å². The van der Waals surface area contributed by atoms with Gasteiger partial charge in [0.25, 0.3) is 0 Å². The van der Waals surface area contributed by atoms with Crippen LogP contribution in [-0.2, 0) is 4.79 Å². The average Bonchev–Trinajstić information content (AvgIpc) is 3.17. The van der Waals surface area contributed by atoms with Crippen LogP contribution < -0.4 is 16.5 Å². The van der Waals surface area contributed by atoms with E-state index in [1.165, 1.54) is 11.8 Å². The fraction of sp³-hybridized carbons (Fsp3) is 0.105. The number of carbonyl (C=O) groups excluding carboxylic acids is 2. The molecule has 2 aliphatic heterocycles. The maximum atomic E-state index is 12.3. The van der Waals surface area contributed by atoms with E-state index in [0.717, 1.165) is 16.4 Å². The van der Waals surface area contributed by atoms with E-state index in [9.17, 15) is 9.59 Å². The molecule has 0 saturated heterocycles. The molecule has 2 aliphatic rings. The van der Waals surface area contributed by atoms with Gasteiger partial charge in [-0.1, -0.05) is 30.0 Å². The Hall–Kier alpha value is -3.26. The molecule has 0 aromatic heterocycles. The molecule has 4 rings (SSSR count). The smallest absolute Gasteiger partial charge is 0.248 e. The van der Waals surface area contributed by atoms with Crippen molar-refractivity contribution in [1.29, 1.82) is 0 Å². The predicted octanol–water partition coefficient (Wildman–Crippen LogP) is 2.53. The van der Waals surface area contributed by atoms with Crippen molar-refractivity contribution < 1.29 is 9.59 Å². The number of amidine groups is 1. The van der Waals surface area contributed by atoms with Crippen molar-refractivity contribution in [1.82, 2.24) is 10.4 Å². The number of fused-ring (bicyclic) bond motifs is 3. The zero-order valence-electron chi connectivity index (χ0n) is 14.3. The molecule has 2 heterocycles. The van der Waals surface area contributed by atoms with Crippen LogP contribution in [0.25, 0.3) is 0 Å². The zero-order valence-corrected chi connectivity index (χ0v) is 15.1. The van der Waals surface area contributed by atoms with Crippen molar-refractivity contribution in [2.24, 2.45) is 10.7 Å². The van der Waals surface area contributed by atoms with Gasteiger partial charge >= 0.3 is 0 Å². The minimum atomic E-state index is -0.500. The van der Waals surface area contributed by atoms with E-state index >= 15 is 0 Å². The highest BCUT2D eigenvalue weighted by Crippen LogP contribution is 2.38. The standard InChI is InChI=1S/C19H17N5O2S/c20-18(26)12-5-7-13(8-6-12)22-17(25)11-27-19-23-15-4-2-1-3-14(15)16-9-10-21-24(16)19/h1-10,16,21H,11H2,(H2,20,26)(H,22,25)/t16-/m0/s1. The first-order valence-electron chi connectivity index (χ1n) is 8.34. The lowest BCUT2D eigenvalue weighted by Crippen LogP contribution is -2.39. The van der Waals surface area contributed by atoms with E-state index in [2.05, 4.69) is 27.9 Å². The number of hydrogen-bond acceptors (Lipinski definition) is 6. The molecule has 0 saturated carbocycles. The first-order valence-corrected chi connectivity index (χ1v) is 9.32. The molecule has 0 fully saturated rings. The van der Waals surface area contributed by atoms with Crippen LogP contribution in [0.15, 0.2) is 65.8 Å². The molecular formula is C19H17N5O2S. The van der Waals surface area contributed by atoms with Gasteiger partial charge in [0.1, 0.15) is 0 Å². The summed E-state index contributed by atoms with van der Waals surface area (Å²) < 4.78 is 0. The zero-order chi connectivity index (χ0) is 18.8. The van der Waals surface area contributed by atoms with Gasteiger partial charge in [0.2, 0.25) is 11.8 Å². The van der Waals surface area contributed by atoms with E-state index in [1.807, 2.05) is 29.4 Å². The summed E-state index contributed by atoms with van der Waals surface area (Å²) in [5, 5.41) is 5.49. The van der Waals surface area contributed by atoms with Gasteiger partial charge in [-0.3, -0.25) is 14.6 Å². The lowest BCUT2D eigenvalue weighted by atomic mass is 10.0. The van der Waals surface area contributed by atoms with Crippen molar-refractivity contribution in [3.8, 4) is 0 Å². The second-order valence-electron chi connectivity index (χ2n) is 6.03. The Morgan fingerprint density at radius 2 is 1.96 bits per heavy atom. The number of primary amides is 1. The van der Waals surface area contributed by atoms with Crippen LogP contribution >= 0.6 is 11.8 Å². The molecule has 27 heavy (non-hydrogen) atoms. The predicted molar refractivity (Wildman–Crippen MR) is 106 cm³/mol. The van der Waals surface area contributed by atoms with E-state index in [0.29, 0.717) is 11.3 Å². The fourth-order valence-corrected chi connectivity index (χ4v) is 3.74. The number of nitrogens with two attached hydrogens (primary N) is 1. The van der Waals surface area contributed by atoms with E-state index in [1.54, 1.807) is 24.3 Å². The van der Waals surface area contributed by atoms with Gasteiger partial charge in [-0.15, -0.1) is 0 Å². The van der Waals surface area contributed by atoms with Crippen LogP contribution in [-0.4, -0.2) is 27.7 Å². The van der Waals surface area contributed by atoms with Gasteiger partial charge in [0.15, 0.2) is 5.17 Å². The lowest BCUT2D eigenvalue weighted by molar-refractivity contribution is -0.113. The number of thioether (sulfide) groups is 1. The van der Waals surface area contributed by atoms with E-state index in [4.69, 9.17) is 5.73 Å². The second-order valence-corrected chi connectivity index (χ2v) is 6.98. The number of hydrogen-bond donors (Lipinski definition) is 3. The van der Waals surface area contributed by atoms with Gasteiger partial charge in [-0.2, -0.15) is 0 Å². The summed E-state index contributed by atoms with van der Waals surface area (Å²) in [7, 11) is 0. The van der Waals surface area contributed by atoms with Crippen molar-refractivity contribution in [3.63, 3.8) is 0 Å². The van der Waals surface area contributed by atoms with Gasteiger partial charge in [0.05, 0.1) is 17.5 Å². The van der Waals surface area contributed by atoms with Crippen LogP contribution in [0.3, 0.4) is 0 Å². The van der Waals surface area contributed by atoms with Crippen LogP contribution in [0, 0.1) is 0 Å². The quantitative estimate of drug-likeness (QED) is 0.758. The molecule has 136 valence electrons. The number of benzene rings is 2. The molecule has 0 bridgehead atoms. The minimum absolute atomic E-state index is 0.0746. The molecule has 8 heteroatoms. The summed E-state index contributed by atoms with van der Waals surface area (Å²) in [5.41, 5.74) is 11.4. The highest BCUT2D eigenvalue weighted by Gasteiger charge is 2.31. The number of nitrogens with one attached hydrogen (secondary N) is 2. The molecule has 4 N–H and O–H groups in total. The third-order valence-electron chi connectivity index (χ3n) is 4.23. The monoisotopic (exact) mass is 379 g/mol. The SMILES string of the molecule is NC(=O)c1ccc(NC(=O)CSC2=Nc3ccccc3[C@@H]3C=CNN23)cc1. The highest BCUT2D eigenvalue weighted by molar-refractivity contribution is 8.14. The molecule has 2 aromatic carbocycles. The normalized spacial score (nSPS) is 16.8. The molecule has 2 amide bonds. The maximum Gasteiger partial charge on any atom is 0.248 e. The molecule has 0 radical (unpaired) electrons. The number of hydrazine groups is 1. The molecule has 0 aliphatic carbocycles. The summed E-state index contributed by atoms with van der Waals surface area (Å²) in [6.45, 7) is 0. The lowest BCUT2D eigenvalue weighted by Gasteiger charge is -2.31. The first kappa shape index (κ1) is 17.2. The molecule has 1 atom stereocenters. The largest absolute Gasteiger partial charge is 0.366 e. The summed E-state index contributed by atoms with van der Waals surface area (Å²) in [5.74, 6) is -0.443. The van der Waals surface area contributed by atoms with E-state index in [-0.39, 0.29) is 17.7 Å². The maximum absolute atomic E-state index is 12.3. The number of carbonyl (C=O) groups is 2. The minimum Gasteiger partial charge on any atom is -0.366 e. The topological polar surface area (TPSA) is 99.8 Å². The molecule has 0 spiro atoms. The molecule has 2 aromatic rings. The summed E-state index contributed by atoms with van der Waals surface area (Å²) in [6, 6.07) is 14.5. The van der Waals surface area contributed by atoms with Gasteiger partial charge in [-0.25, -0.2) is 4.99 Å². The summed E-state index contributed by atoms with van der Waals surface area (Å²) >= 11 is 1.36. The number of amides is 2. The van der Waals surface area contributed by atoms with Crippen molar-refractivity contribution in [3.05, 3.63) is 71.9 Å². The summed E-state index contributed by atoms with van der Waals surface area (Å²) in [4.78, 5) is 28.0. The Balaban J connectivity index is 1.41. The van der Waals surface area contributed by atoms with E-state index < -0.39 is 5.91 Å². The Kier molecular flexibility index (Phi) is 4.55. The Morgan fingerprint density at radius 1 is 1.19 bits per heavy atom. The second kappa shape index (κ2) is 7.16. The van der Waals surface area contributed by atoms with Gasteiger partial charge < -0.3 is 16.5 Å². The van der Waals surface area contributed by atoms with Crippen molar-refractivity contribution in [2.75, 3.05) is 11.1 Å². The Bertz CT molecular complexity index is 955. The fourth-order valence-electron chi connectivity index (χ4n) is 2.94. The number of rotatable bonds is 4. The molecule has 7 nitrogen and oxygen atoms in total. The average molecular weight is 379 g/mol. The number of nitrogens with zero attached hydrogens (tertiary/aromatic N) is 2. The van der Waals surface area contributed by atoms with Crippen LogP contribution in [0.5, 0.6) is 0 Å². The van der Waals surface area contributed by atoms with Crippen LogP contribution in [0.1, 0.15) is 22.0 Å². The number of para-hydroxylation sites is 1. The summed E-state index contributed by atoms with van der Waals surface area (Å²) in [6.07, 6.45) is 3.94. The Morgan fingerprint density at radius 3 is 2.74 bits per heavy atom. The molecule has 0 unspecified atom stereocenters. The highest BCUT2D eigenvalue weighted by atomic mass is 32.2. The van der Waals surface area contributed by atoms with Crippen molar-refractivity contribution in [2.45, 2.75) is 6.04 Å². The molecular weight excluding hydrogens is 362 g/mol. The first-order chi connectivity index (χ1) is 13.1. The third-order valence-corrected chi connectivity index (χ3v) is 5.19. The number of anilines is 1. The van der Waals surface area contributed by atoms with Gasteiger partial charge in [-0.05, 0) is 36.4 Å². The van der Waals surface area contributed by atoms with Crippen molar-refractivity contribution >= 4 is 40.1 Å². The number of aliphatic imine (C=N–C) groups is 1. The van der Waals surface area contributed by atoms with Gasteiger partial charge in [0, 0.05) is 23.0 Å².